The van der Waals surface area contributed by atoms with Crippen molar-refractivity contribution in [2.24, 2.45) is 5.16 Å². The van der Waals surface area contributed by atoms with Gasteiger partial charge in [-0.25, -0.2) is 0 Å². The lowest BCUT2D eigenvalue weighted by atomic mass is 10.2. The summed E-state index contributed by atoms with van der Waals surface area (Å²) in [5.74, 6) is 0. The van der Waals surface area contributed by atoms with Crippen molar-refractivity contribution < 1.29 is 5.21 Å². The van der Waals surface area contributed by atoms with Crippen LogP contribution in [-0.4, -0.2) is 10.9 Å². The number of hydrogen-bond acceptors (Lipinski definition) is 2. The van der Waals surface area contributed by atoms with Gasteiger partial charge in [0.15, 0.2) is 0 Å². The van der Waals surface area contributed by atoms with Gasteiger partial charge in [0, 0.05) is 0 Å². The Morgan fingerprint density at radius 2 is 2.43 bits per heavy atom. The summed E-state index contributed by atoms with van der Waals surface area (Å²) in [5.41, 5.74) is 0.750. The maximum Gasteiger partial charge on any atom is 0.0568 e. The molecule has 0 saturated heterocycles. The van der Waals surface area contributed by atoms with E-state index in [-0.39, 0.29) is 0 Å². The van der Waals surface area contributed by atoms with Gasteiger partial charge in [0.1, 0.15) is 0 Å². The molecule has 0 bridgehead atoms. The molecule has 0 spiro atoms. The standard InChI is InChI=1S/C5H10NO/c1-3-5(4-2)6-7/h7H,1,3-4H2,2H3/b6-5+. The van der Waals surface area contributed by atoms with Crippen LogP contribution in [0.5, 0.6) is 0 Å². The van der Waals surface area contributed by atoms with E-state index in [4.69, 9.17) is 5.21 Å². The summed E-state index contributed by atoms with van der Waals surface area (Å²) in [4.78, 5) is 0. The summed E-state index contributed by atoms with van der Waals surface area (Å²) >= 11 is 0. The minimum absolute atomic E-state index is 0.604. The Morgan fingerprint density at radius 3 is 2.43 bits per heavy atom. The molecule has 0 amide bonds. The van der Waals surface area contributed by atoms with Crippen LogP contribution in [-0.2, 0) is 0 Å². The van der Waals surface area contributed by atoms with Gasteiger partial charge in [0.25, 0.3) is 0 Å². The maximum absolute atomic E-state index is 8.07. The van der Waals surface area contributed by atoms with Gasteiger partial charge in [-0.15, -0.1) is 0 Å². The Balaban J connectivity index is 3.38. The lowest BCUT2D eigenvalue weighted by Gasteiger charge is -1.89. The summed E-state index contributed by atoms with van der Waals surface area (Å²) in [7, 11) is 0. The molecule has 7 heavy (non-hydrogen) atoms. The number of oxime groups is 1. The van der Waals surface area contributed by atoms with Crippen LogP contribution in [0.2, 0.25) is 0 Å². The van der Waals surface area contributed by atoms with Gasteiger partial charge in [-0.3, -0.25) is 0 Å². The molecular weight excluding hydrogens is 90.1 g/mol. The van der Waals surface area contributed by atoms with Crippen LogP contribution in [0.4, 0.5) is 0 Å². The van der Waals surface area contributed by atoms with Crippen LogP contribution in [0.3, 0.4) is 0 Å². The van der Waals surface area contributed by atoms with E-state index in [1.54, 1.807) is 0 Å². The molecule has 0 fully saturated rings. The molecule has 0 aliphatic heterocycles. The molecule has 0 saturated carbocycles. The third-order valence-electron chi connectivity index (χ3n) is 0.838. The Bertz CT molecular complexity index is 62.5. The second-order valence-electron chi connectivity index (χ2n) is 1.27. The van der Waals surface area contributed by atoms with Crippen molar-refractivity contribution in [3.05, 3.63) is 6.92 Å². The predicted octanol–water partition coefficient (Wildman–Crippen LogP) is 1.45. The van der Waals surface area contributed by atoms with E-state index in [9.17, 15) is 0 Å². The quantitative estimate of drug-likeness (QED) is 0.318. The van der Waals surface area contributed by atoms with E-state index in [0.29, 0.717) is 6.42 Å². The van der Waals surface area contributed by atoms with Crippen molar-refractivity contribution in [3.63, 3.8) is 0 Å². The lowest BCUT2D eigenvalue weighted by Crippen LogP contribution is -1.90. The molecule has 0 aliphatic rings. The highest BCUT2D eigenvalue weighted by Crippen LogP contribution is 1.87. The highest BCUT2D eigenvalue weighted by atomic mass is 16.4. The molecule has 0 aromatic heterocycles. The van der Waals surface area contributed by atoms with E-state index in [1.807, 2.05) is 6.92 Å². The van der Waals surface area contributed by atoms with Crippen molar-refractivity contribution >= 4 is 5.71 Å². The Morgan fingerprint density at radius 1 is 1.86 bits per heavy atom. The van der Waals surface area contributed by atoms with Gasteiger partial charge >= 0.3 is 0 Å². The highest BCUT2D eigenvalue weighted by Gasteiger charge is 1.87. The first kappa shape index (κ1) is 6.47. The normalized spacial score (nSPS) is 12.0. The first-order valence-electron chi connectivity index (χ1n) is 2.34. The van der Waals surface area contributed by atoms with Crippen LogP contribution in [0, 0.1) is 6.92 Å². The third kappa shape index (κ3) is 2.20. The largest absolute Gasteiger partial charge is 0.411 e. The van der Waals surface area contributed by atoms with Crippen LogP contribution in [0.1, 0.15) is 19.8 Å². The first-order chi connectivity index (χ1) is 3.35. The average molecular weight is 100 g/mol. The van der Waals surface area contributed by atoms with Crippen LogP contribution < -0.4 is 0 Å². The van der Waals surface area contributed by atoms with Crippen molar-refractivity contribution in [1.29, 1.82) is 0 Å². The first-order valence-corrected chi connectivity index (χ1v) is 2.34. The zero-order valence-corrected chi connectivity index (χ0v) is 4.52. The molecule has 41 valence electrons. The van der Waals surface area contributed by atoms with Crippen molar-refractivity contribution in [2.75, 3.05) is 0 Å². The number of rotatable bonds is 2. The fourth-order valence-corrected chi connectivity index (χ4v) is 0.297. The molecule has 2 heteroatoms. The summed E-state index contributed by atoms with van der Waals surface area (Å²) < 4.78 is 0. The molecule has 0 aliphatic carbocycles. The van der Waals surface area contributed by atoms with Crippen molar-refractivity contribution in [3.8, 4) is 0 Å². The van der Waals surface area contributed by atoms with Gasteiger partial charge < -0.3 is 5.21 Å². The van der Waals surface area contributed by atoms with Gasteiger partial charge in [-0.1, -0.05) is 12.1 Å². The Labute approximate surface area is 43.8 Å². The van der Waals surface area contributed by atoms with E-state index in [0.717, 1.165) is 12.1 Å². The second kappa shape index (κ2) is 3.65. The molecule has 1 N–H and O–H groups in total. The van der Waals surface area contributed by atoms with Crippen molar-refractivity contribution in [2.45, 2.75) is 19.8 Å². The number of nitrogens with zero attached hydrogens (tertiary/aromatic N) is 1. The van der Waals surface area contributed by atoms with Gasteiger partial charge in [0.2, 0.25) is 0 Å². The molecule has 0 unspecified atom stereocenters. The summed E-state index contributed by atoms with van der Waals surface area (Å²) in [6.07, 6.45) is 1.40. The molecule has 0 aromatic rings. The SMILES string of the molecule is [CH2]C/C(CC)=N\O. The minimum atomic E-state index is 0.604. The summed E-state index contributed by atoms with van der Waals surface area (Å²) in [6.45, 7) is 5.47. The zero-order valence-electron chi connectivity index (χ0n) is 4.52. The summed E-state index contributed by atoms with van der Waals surface area (Å²) in [5, 5.41) is 11.1. The zero-order chi connectivity index (χ0) is 5.70. The van der Waals surface area contributed by atoms with Crippen LogP contribution >= 0.6 is 0 Å². The smallest absolute Gasteiger partial charge is 0.0568 e. The Hall–Kier alpha value is -0.530. The minimum Gasteiger partial charge on any atom is -0.411 e. The topological polar surface area (TPSA) is 32.6 Å². The molecule has 0 heterocycles. The van der Waals surface area contributed by atoms with Gasteiger partial charge in [0.05, 0.1) is 5.71 Å². The average Bonchev–Trinajstić information content (AvgIpc) is 1.72. The lowest BCUT2D eigenvalue weighted by molar-refractivity contribution is 0.317. The molecular formula is C5H10NO. The van der Waals surface area contributed by atoms with E-state index < -0.39 is 0 Å². The van der Waals surface area contributed by atoms with Gasteiger partial charge in [-0.2, -0.15) is 0 Å². The van der Waals surface area contributed by atoms with E-state index in [1.165, 1.54) is 0 Å². The van der Waals surface area contributed by atoms with Gasteiger partial charge in [-0.05, 0) is 19.8 Å². The summed E-state index contributed by atoms with van der Waals surface area (Å²) in [6, 6.07) is 0. The number of hydrogen-bond donors (Lipinski definition) is 1. The predicted molar refractivity (Wildman–Crippen MR) is 29.5 cm³/mol. The van der Waals surface area contributed by atoms with Crippen molar-refractivity contribution in [1.82, 2.24) is 0 Å². The highest BCUT2D eigenvalue weighted by molar-refractivity contribution is 5.83. The molecule has 0 atom stereocenters. The van der Waals surface area contributed by atoms with E-state index >= 15 is 0 Å². The van der Waals surface area contributed by atoms with Crippen LogP contribution in [0.25, 0.3) is 0 Å². The van der Waals surface area contributed by atoms with Crippen LogP contribution in [0.15, 0.2) is 5.16 Å². The molecule has 1 radical (unpaired) electrons. The van der Waals surface area contributed by atoms with E-state index in [2.05, 4.69) is 12.1 Å². The second-order valence-corrected chi connectivity index (χ2v) is 1.27. The fourth-order valence-electron chi connectivity index (χ4n) is 0.297. The molecule has 2 nitrogen and oxygen atoms in total. The maximum atomic E-state index is 8.07. The molecule has 0 aromatic carbocycles. The molecule has 0 rings (SSSR count). The monoisotopic (exact) mass is 100 g/mol. The Kier molecular flexibility index (Phi) is 3.38. The third-order valence-corrected chi connectivity index (χ3v) is 0.838. The fraction of sp³-hybridized carbons (Fsp3) is 0.600.